The first kappa shape index (κ1) is 16.9. The summed E-state index contributed by atoms with van der Waals surface area (Å²) in [6.45, 7) is 5.75. The van der Waals surface area contributed by atoms with Crippen LogP contribution >= 0.6 is 0 Å². The number of ether oxygens (including phenoxy) is 2. The van der Waals surface area contributed by atoms with Crippen LogP contribution in [0.15, 0.2) is 0 Å². The van der Waals surface area contributed by atoms with Gasteiger partial charge >= 0.3 is 0 Å². The molecule has 114 valence electrons. The van der Waals surface area contributed by atoms with E-state index in [1.54, 1.807) is 7.11 Å². The van der Waals surface area contributed by atoms with Gasteiger partial charge in [0.1, 0.15) is 0 Å². The third-order valence-corrected chi connectivity index (χ3v) is 3.73. The van der Waals surface area contributed by atoms with Crippen LogP contribution in [-0.4, -0.2) is 87.2 Å². The van der Waals surface area contributed by atoms with Crippen LogP contribution in [0.25, 0.3) is 0 Å². The summed E-state index contributed by atoms with van der Waals surface area (Å²) in [5, 5.41) is 9.98. The highest BCUT2D eigenvalue weighted by molar-refractivity contribution is 4.78. The second kappa shape index (κ2) is 8.87. The lowest BCUT2D eigenvalue weighted by Gasteiger charge is -2.36. The highest BCUT2D eigenvalue weighted by Crippen LogP contribution is 2.14. The smallest absolute Gasteiger partial charge is 0.0900 e. The molecule has 19 heavy (non-hydrogen) atoms. The van der Waals surface area contributed by atoms with Gasteiger partial charge in [0.25, 0.3) is 0 Å². The molecule has 1 fully saturated rings. The van der Waals surface area contributed by atoms with E-state index in [2.05, 4.69) is 23.9 Å². The van der Waals surface area contributed by atoms with Crippen LogP contribution in [-0.2, 0) is 9.47 Å². The Morgan fingerprint density at radius 2 is 1.89 bits per heavy atom. The summed E-state index contributed by atoms with van der Waals surface area (Å²) in [6.07, 6.45) is 2.00. The molecular formula is C14H30N2O3. The van der Waals surface area contributed by atoms with Crippen molar-refractivity contribution in [2.45, 2.75) is 38.0 Å². The van der Waals surface area contributed by atoms with Crippen LogP contribution < -0.4 is 0 Å². The second-order valence-electron chi connectivity index (χ2n) is 5.75. The third-order valence-electron chi connectivity index (χ3n) is 3.73. The molecule has 1 aliphatic rings. The minimum absolute atomic E-state index is 0.0409. The van der Waals surface area contributed by atoms with Gasteiger partial charge in [-0.1, -0.05) is 0 Å². The Balaban J connectivity index is 2.14. The quantitative estimate of drug-likeness (QED) is 0.695. The summed E-state index contributed by atoms with van der Waals surface area (Å²) in [6, 6.07) is 0.686. The molecule has 2 unspecified atom stereocenters. The number of β-amino-alcohol motifs (C(OH)–C–C–N with tert-alkyl or cyclic N) is 1. The molecule has 1 heterocycles. The van der Waals surface area contributed by atoms with E-state index < -0.39 is 6.10 Å². The lowest BCUT2D eigenvalue weighted by atomic mass is 10.0. The van der Waals surface area contributed by atoms with Crippen LogP contribution in [0.3, 0.4) is 0 Å². The Morgan fingerprint density at radius 1 is 1.26 bits per heavy atom. The maximum absolute atomic E-state index is 9.98. The highest BCUT2D eigenvalue weighted by atomic mass is 16.5. The molecule has 5 nitrogen and oxygen atoms in total. The summed E-state index contributed by atoms with van der Waals surface area (Å²) in [5.74, 6) is 0. The van der Waals surface area contributed by atoms with Gasteiger partial charge < -0.3 is 24.4 Å². The molecule has 0 aromatic rings. The van der Waals surface area contributed by atoms with Crippen molar-refractivity contribution < 1.29 is 14.6 Å². The third kappa shape index (κ3) is 6.68. The maximum Gasteiger partial charge on any atom is 0.0900 e. The van der Waals surface area contributed by atoms with Gasteiger partial charge in [0.2, 0.25) is 0 Å². The summed E-state index contributed by atoms with van der Waals surface area (Å²) < 4.78 is 10.5. The van der Waals surface area contributed by atoms with Gasteiger partial charge in [-0.05, 0) is 47.0 Å². The number of aliphatic hydroxyl groups is 1. The lowest BCUT2D eigenvalue weighted by molar-refractivity contribution is -0.0420. The van der Waals surface area contributed by atoms with Crippen molar-refractivity contribution in [3.8, 4) is 0 Å². The standard InChI is InChI=1S/C14H30N2O3/c1-12(10-18-4)19-11-14(17)9-16-7-5-13(6-8-16)15(2)3/h12-14,17H,5-11H2,1-4H3. The van der Waals surface area contributed by atoms with Crippen molar-refractivity contribution in [2.75, 3.05) is 54.1 Å². The number of aliphatic hydroxyl groups excluding tert-OH is 1. The zero-order chi connectivity index (χ0) is 14.3. The van der Waals surface area contributed by atoms with E-state index >= 15 is 0 Å². The van der Waals surface area contributed by atoms with E-state index in [4.69, 9.17) is 9.47 Å². The van der Waals surface area contributed by atoms with Crippen molar-refractivity contribution in [2.24, 2.45) is 0 Å². The topological polar surface area (TPSA) is 45.2 Å². The molecule has 5 heteroatoms. The zero-order valence-corrected chi connectivity index (χ0v) is 12.8. The molecule has 0 aromatic heterocycles. The Labute approximate surface area is 117 Å². The van der Waals surface area contributed by atoms with Gasteiger partial charge in [0.15, 0.2) is 0 Å². The number of rotatable bonds is 8. The second-order valence-corrected chi connectivity index (χ2v) is 5.75. The Hall–Kier alpha value is -0.200. The van der Waals surface area contributed by atoms with Gasteiger partial charge in [0.05, 0.1) is 25.4 Å². The predicted octanol–water partition coefficient (Wildman–Crippen LogP) is 0.425. The van der Waals surface area contributed by atoms with E-state index in [9.17, 15) is 5.11 Å². The first-order chi connectivity index (χ1) is 9.02. The molecular weight excluding hydrogens is 244 g/mol. The van der Waals surface area contributed by atoms with Gasteiger partial charge in [-0.15, -0.1) is 0 Å². The van der Waals surface area contributed by atoms with E-state index in [1.807, 2.05) is 6.92 Å². The van der Waals surface area contributed by atoms with E-state index in [-0.39, 0.29) is 6.10 Å². The first-order valence-electron chi connectivity index (χ1n) is 7.20. The SMILES string of the molecule is COCC(C)OCC(O)CN1CCC(N(C)C)CC1. The largest absolute Gasteiger partial charge is 0.389 e. The Kier molecular flexibility index (Phi) is 7.87. The number of hydrogen-bond acceptors (Lipinski definition) is 5. The van der Waals surface area contributed by atoms with Crippen molar-refractivity contribution in [3.63, 3.8) is 0 Å². The molecule has 1 rings (SSSR count). The minimum atomic E-state index is -0.407. The van der Waals surface area contributed by atoms with Gasteiger partial charge in [0, 0.05) is 19.7 Å². The van der Waals surface area contributed by atoms with Crippen molar-refractivity contribution in [1.82, 2.24) is 9.80 Å². The number of methoxy groups -OCH3 is 1. The number of piperidine rings is 1. The molecule has 0 saturated carbocycles. The highest BCUT2D eigenvalue weighted by Gasteiger charge is 2.22. The minimum Gasteiger partial charge on any atom is -0.389 e. The molecule has 0 aromatic carbocycles. The Bertz CT molecular complexity index is 231. The monoisotopic (exact) mass is 274 g/mol. The van der Waals surface area contributed by atoms with Crippen LogP contribution in [0.4, 0.5) is 0 Å². The van der Waals surface area contributed by atoms with E-state index in [0.717, 1.165) is 13.1 Å². The molecule has 1 aliphatic heterocycles. The molecule has 2 atom stereocenters. The predicted molar refractivity (Wildman–Crippen MR) is 76.4 cm³/mol. The van der Waals surface area contributed by atoms with Crippen LogP contribution in [0.1, 0.15) is 19.8 Å². The number of nitrogens with zero attached hydrogens (tertiary/aromatic N) is 2. The lowest BCUT2D eigenvalue weighted by Crippen LogP contribution is -2.45. The van der Waals surface area contributed by atoms with Crippen molar-refractivity contribution >= 4 is 0 Å². The summed E-state index contributed by atoms with van der Waals surface area (Å²) in [4.78, 5) is 4.62. The van der Waals surface area contributed by atoms with E-state index in [1.165, 1.54) is 12.8 Å². The fourth-order valence-corrected chi connectivity index (χ4v) is 2.53. The van der Waals surface area contributed by atoms with E-state index in [0.29, 0.717) is 25.8 Å². The van der Waals surface area contributed by atoms with Crippen LogP contribution in [0.2, 0.25) is 0 Å². The van der Waals surface area contributed by atoms with Crippen LogP contribution in [0, 0.1) is 0 Å². The molecule has 0 spiro atoms. The first-order valence-corrected chi connectivity index (χ1v) is 7.20. The van der Waals surface area contributed by atoms with Gasteiger partial charge in [-0.25, -0.2) is 0 Å². The summed E-state index contributed by atoms with van der Waals surface area (Å²) in [7, 11) is 5.94. The Morgan fingerprint density at radius 3 is 2.42 bits per heavy atom. The van der Waals surface area contributed by atoms with Gasteiger partial charge in [-0.3, -0.25) is 0 Å². The molecule has 0 radical (unpaired) electrons. The summed E-state index contributed by atoms with van der Waals surface area (Å²) >= 11 is 0. The fourth-order valence-electron chi connectivity index (χ4n) is 2.53. The summed E-state index contributed by atoms with van der Waals surface area (Å²) in [5.41, 5.74) is 0. The number of likely N-dealkylation sites (tertiary alicyclic amines) is 1. The van der Waals surface area contributed by atoms with Crippen molar-refractivity contribution in [3.05, 3.63) is 0 Å². The fraction of sp³-hybridized carbons (Fsp3) is 1.00. The van der Waals surface area contributed by atoms with Crippen LogP contribution in [0.5, 0.6) is 0 Å². The van der Waals surface area contributed by atoms with Gasteiger partial charge in [-0.2, -0.15) is 0 Å². The molecule has 0 aliphatic carbocycles. The molecule has 1 N–H and O–H groups in total. The normalized spacial score (nSPS) is 21.8. The molecule has 0 amide bonds. The zero-order valence-electron chi connectivity index (χ0n) is 12.8. The average molecular weight is 274 g/mol. The maximum atomic E-state index is 9.98. The van der Waals surface area contributed by atoms with Crippen molar-refractivity contribution in [1.29, 1.82) is 0 Å². The number of hydrogen-bond donors (Lipinski definition) is 1. The molecule has 0 bridgehead atoms. The molecule has 1 saturated heterocycles. The average Bonchev–Trinajstić information content (AvgIpc) is 2.37.